The van der Waals surface area contributed by atoms with Crippen LogP contribution in [0.3, 0.4) is 0 Å². The average molecular weight is 1680 g/mol. The van der Waals surface area contributed by atoms with Crippen LogP contribution < -0.4 is 21.0 Å². The Labute approximate surface area is 553 Å². The molecule has 0 radical (unpaired) electrons. The summed E-state index contributed by atoms with van der Waals surface area (Å²) in [6.45, 7) is 14.5. The molecule has 0 saturated carbocycles. The smallest absolute Gasteiger partial charge is 0.470 e. The zero-order chi connectivity index (χ0) is 80.9. The molecule has 0 rings (SSSR count). The number of hydrogen-bond acceptors (Lipinski definition) is 20. The van der Waals surface area contributed by atoms with Crippen LogP contribution >= 0.6 is 48.2 Å². The molecule has 4 unspecified atom stereocenters. The predicted molar refractivity (Wildman–Crippen MR) is 275 cm³/mol. The third kappa shape index (κ3) is 36.3. The summed E-state index contributed by atoms with van der Waals surface area (Å²) in [6, 6.07) is 0. The molecule has 0 aliphatic rings. The molecule has 0 bridgehead atoms. The lowest BCUT2D eigenvalue weighted by molar-refractivity contribution is -0.777. The minimum atomic E-state index is -8.71. The summed E-state index contributed by atoms with van der Waals surface area (Å²) in [5.74, 6) is -63.2. The van der Waals surface area contributed by atoms with Gasteiger partial charge in [-0.2, -0.15) is 167 Å². The van der Waals surface area contributed by atoms with Crippen LogP contribution in [0, 0.1) is 0 Å². The molecule has 0 aromatic carbocycles. The zero-order valence-electron chi connectivity index (χ0n) is 50.5. The molecule has 4 atom stereocenters. The van der Waals surface area contributed by atoms with Crippen molar-refractivity contribution in [3.05, 3.63) is 0 Å². The standard InChI is InChI=1S/C8HF17O3S.4C6H13OS.C4HF9O3S.C2HF5O3S.CHF3O3S/c9-1(10,3(13,14)5(17,18)7(21,22)23)2(11,12)4(15,16)6(19,20)8(24,25)29-28-27-26;4*1-5(7)6(2)8(3)4;5-1(6,3(9,10)11)2(7,8)4(12,13)17-16-15-14;3-1(4,5)2(6,7)11-10-9-8;2-1(3,4)8-7-6-5/h26H;4*6H,1-4H3;14H;8H;5H/q;4*+1;;;/p-4. The van der Waals surface area contributed by atoms with E-state index in [4.69, 9.17) is 15.8 Å². The number of rotatable bonds is 27. The molecule has 0 heterocycles. The summed E-state index contributed by atoms with van der Waals surface area (Å²) < 4.78 is 424. The SMILES string of the molecule is CC(=O)C(C)[S+](C)C.CC(=O)C(C)[S+](C)C.CC(=O)C(C)[S+](C)C.CC(=O)C(C)[S+](C)C.[O-]OOSC(F)(F)C(F)(F)C(F)(F)C(F)(F)C(F)(F)C(F)(F)C(F)(F)C(F)(F)F.[O-]OOSC(F)(F)C(F)(F)C(F)(F)C(F)(F)F.[O-]OOSC(F)(F)C(F)(F)F.[O-]OOSC(F)(F)F. The topological polar surface area (TPSA) is 234 Å². The van der Waals surface area contributed by atoms with Gasteiger partial charge in [-0.15, -0.1) is 0 Å². The van der Waals surface area contributed by atoms with Gasteiger partial charge in [-0.25, -0.2) is 0 Å². The van der Waals surface area contributed by atoms with Crippen molar-refractivity contribution in [2.45, 2.75) is 164 Å². The molecule has 0 N–H and O–H groups in total. The summed E-state index contributed by atoms with van der Waals surface area (Å²) in [6.07, 6.45) is -3.78. The monoisotopic (exact) mass is 1680 g/mol. The van der Waals surface area contributed by atoms with Crippen LogP contribution in [0.4, 0.5) is 149 Å². The van der Waals surface area contributed by atoms with Gasteiger partial charge in [0.05, 0.1) is 50.0 Å². The van der Waals surface area contributed by atoms with Crippen molar-refractivity contribution in [3.63, 3.8) is 0 Å². The van der Waals surface area contributed by atoms with Gasteiger partial charge in [0.2, 0.25) is 0 Å². The molecule has 590 valence electrons. The van der Waals surface area contributed by atoms with E-state index in [1.807, 2.05) is 32.7 Å². The molecule has 0 amide bonds. The predicted octanol–water partition coefficient (Wildman–Crippen LogP) is 11.9. The normalized spacial score (nSPS) is 14.7. The van der Waals surface area contributed by atoms with E-state index in [-0.39, 0.29) is 64.6 Å². The molecule has 0 fully saturated rings. The van der Waals surface area contributed by atoms with Crippen LogP contribution in [0.2, 0.25) is 0 Å². The number of alkyl halides is 34. The first-order chi connectivity index (χ1) is 42.2. The number of hydrogen-bond donors (Lipinski definition) is 0. The second kappa shape index (κ2) is 44.4. The van der Waals surface area contributed by atoms with Crippen LogP contribution in [0.5, 0.6) is 0 Å². The van der Waals surface area contributed by atoms with E-state index in [1.54, 1.807) is 27.7 Å². The van der Waals surface area contributed by atoms with E-state index in [0.29, 0.717) is 23.1 Å². The summed E-state index contributed by atoms with van der Waals surface area (Å²) in [4.78, 5) is 42.4. The average Bonchev–Trinajstić information content (AvgIpc) is 0.700. The Balaban J connectivity index is -0.000000166. The highest BCUT2D eigenvalue weighted by molar-refractivity contribution is 7.98. The minimum absolute atomic E-state index is 0.259. The van der Waals surface area contributed by atoms with Gasteiger partial charge in [-0.1, -0.05) is 0 Å². The van der Waals surface area contributed by atoms with Crippen molar-refractivity contribution in [2.24, 2.45) is 0 Å². The van der Waals surface area contributed by atoms with Gasteiger partial charge in [0.25, 0.3) is 0 Å². The maximum atomic E-state index is 13.1. The zero-order valence-corrected chi connectivity index (χ0v) is 57.0. The van der Waals surface area contributed by atoms with Crippen LogP contribution in [0.15, 0.2) is 0 Å². The lowest BCUT2D eigenvalue weighted by Gasteiger charge is -2.42. The van der Waals surface area contributed by atoms with Crippen molar-refractivity contribution in [2.75, 3.05) is 50.0 Å². The van der Waals surface area contributed by atoms with Gasteiger partial charge in [-0.05, 0) is 99.0 Å². The third-order valence-corrected chi connectivity index (χ3v) is 19.0. The van der Waals surface area contributed by atoms with E-state index >= 15 is 0 Å². The largest absolute Gasteiger partial charge is 0.691 e. The van der Waals surface area contributed by atoms with Crippen molar-refractivity contribution in [3.8, 4) is 0 Å². The fraction of sp³-hybridized carbons (Fsp3) is 0.897. The van der Waals surface area contributed by atoms with E-state index < -0.39 is 135 Å². The van der Waals surface area contributed by atoms with Gasteiger partial charge >= 0.3 is 87.2 Å². The Kier molecular flexibility index (Phi) is 51.1. The van der Waals surface area contributed by atoms with Crippen LogP contribution in [0.25, 0.3) is 0 Å². The Morgan fingerprint density at radius 1 is 0.268 bits per heavy atom. The van der Waals surface area contributed by atoms with E-state index in [9.17, 15) is 174 Å². The minimum Gasteiger partial charge on any atom is -0.691 e. The van der Waals surface area contributed by atoms with E-state index in [1.165, 1.54) is 0 Å². The second-order valence-electron chi connectivity index (χ2n) is 17.5. The van der Waals surface area contributed by atoms with E-state index in [0.717, 1.165) is 0 Å². The van der Waals surface area contributed by atoms with Crippen LogP contribution in [-0.2, 0) is 100 Å². The first-order valence-electron chi connectivity index (χ1n) is 22.5. The molecule has 0 aliphatic heterocycles. The van der Waals surface area contributed by atoms with Gasteiger partial charge in [-0.3, -0.25) is 39.3 Å². The van der Waals surface area contributed by atoms with Gasteiger partial charge < -0.3 is 21.0 Å². The molecular weight excluding hydrogens is 1630 g/mol. The lowest BCUT2D eigenvalue weighted by Crippen LogP contribution is -2.74. The highest BCUT2D eigenvalue weighted by Crippen LogP contribution is 2.65. The van der Waals surface area contributed by atoms with Crippen LogP contribution in [-0.4, -0.2) is 181 Å². The fourth-order valence-corrected chi connectivity index (χ4v) is 6.87. The summed E-state index contributed by atoms with van der Waals surface area (Å²) >= 11 is -6.91. The van der Waals surface area contributed by atoms with Crippen LogP contribution in [0.1, 0.15) is 55.4 Å². The van der Waals surface area contributed by atoms with Crippen molar-refractivity contribution < 1.29 is 227 Å². The van der Waals surface area contributed by atoms with Crippen molar-refractivity contribution in [1.29, 1.82) is 0 Å². The second-order valence-corrected chi connectivity index (χ2v) is 30.6. The van der Waals surface area contributed by atoms with Gasteiger partial charge in [0, 0.05) is 0 Å². The number of halogens is 34. The third-order valence-electron chi connectivity index (χ3n) is 9.91. The molecule has 16 nitrogen and oxygen atoms in total. The highest BCUT2D eigenvalue weighted by atomic mass is 32.2. The molecule has 0 spiro atoms. The Bertz CT molecular complexity index is 2140. The van der Waals surface area contributed by atoms with Gasteiger partial charge in [0.15, 0.2) is 44.1 Å². The Morgan fingerprint density at radius 2 is 0.423 bits per heavy atom. The van der Waals surface area contributed by atoms with Crippen molar-refractivity contribution >= 4 is 115 Å². The quantitative estimate of drug-likeness (QED) is 0.0244. The fourth-order valence-electron chi connectivity index (χ4n) is 3.21. The maximum absolute atomic E-state index is 13.1. The Hall–Kier alpha value is -1.38. The summed E-state index contributed by atoms with van der Waals surface area (Å²) in [5, 5.41) is 27.6. The summed E-state index contributed by atoms with van der Waals surface area (Å²) in [5.41, 5.74) is -4.58. The Morgan fingerprint density at radius 3 is 0.557 bits per heavy atom. The molecule has 0 aromatic heterocycles. The molecule has 97 heavy (non-hydrogen) atoms. The van der Waals surface area contributed by atoms with Crippen molar-refractivity contribution in [1.82, 2.24) is 0 Å². The first-order valence-corrected chi connectivity index (χ1v) is 33.9. The number of carbonyl (C=O) groups excluding carboxylic acids is 4. The first kappa shape index (κ1) is 112. The molecule has 0 saturated heterocycles. The number of carbonyl (C=O) groups is 4. The maximum Gasteiger partial charge on any atom is 0.470 e. The molecule has 58 heteroatoms. The van der Waals surface area contributed by atoms with Gasteiger partial charge in [0.1, 0.15) is 48.2 Å². The molecule has 0 aliphatic carbocycles. The number of ketones is 4. The summed E-state index contributed by atoms with van der Waals surface area (Å²) in [7, 11) is 1.04. The molecule has 0 aromatic rings. The molecular formula is C39H52F34O16S8. The van der Waals surface area contributed by atoms with E-state index in [2.05, 4.69) is 82.5 Å². The highest BCUT2D eigenvalue weighted by Gasteiger charge is 2.95. The lowest BCUT2D eigenvalue weighted by atomic mass is 9.91. The number of Topliss-reactive ketones (excluding diaryl/α,β-unsaturated/α-hetero) is 4.